The van der Waals surface area contributed by atoms with Crippen LogP contribution in [0.4, 0.5) is 0 Å². The molecular formula is C9H18N2O3S. The van der Waals surface area contributed by atoms with Crippen LogP contribution in [-0.4, -0.2) is 36.0 Å². The van der Waals surface area contributed by atoms with Crippen molar-refractivity contribution in [3.8, 4) is 0 Å². The maximum absolute atomic E-state index is 11.8. The second kappa shape index (κ2) is 3.45. The number of hydrogen-bond donors (Lipinski definition) is 1. The molecule has 1 amide bonds. The number of amides is 1. The Bertz CT molecular complexity index is 373. The molecule has 88 valence electrons. The quantitative estimate of drug-likeness (QED) is 0.740. The van der Waals surface area contributed by atoms with Crippen LogP contribution in [-0.2, 0) is 14.8 Å². The van der Waals surface area contributed by atoms with Crippen LogP contribution in [0.5, 0.6) is 0 Å². The summed E-state index contributed by atoms with van der Waals surface area (Å²) in [6, 6.07) is -0.421. The molecule has 0 spiro atoms. The lowest BCUT2D eigenvalue weighted by molar-refractivity contribution is -0.134. The van der Waals surface area contributed by atoms with E-state index in [9.17, 15) is 13.2 Å². The van der Waals surface area contributed by atoms with Gasteiger partial charge in [0.1, 0.15) is 0 Å². The van der Waals surface area contributed by atoms with Gasteiger partial charge in [0.05, 0.1) is 6.04 Å². The molecule has 1 rings (SSSR count). The molecule has 1 heterocycles. The Labute approximate surface area is 90.7 Å². The topological polar surface area (TPSA) is 80.5 Å². The molecule has 1 fully saturated rings. The number of nitrogens with zero attached hydrogens (tertiary/aromatic N) is 1. The Hall–Kier alpha value is -0.620. The molecule has 0 aromatic heterocycles. The van der Waals surface area contributed by atoms with Crippen molar-refractivity contribution in [3.63, 3.8) is 0 Å². The highest BCUT2D eigenvalue weighted by Gasteiger charge is 2.62. The predicted molar refractivity (Wildman–Crippen MR) is 57.5 cm³/mol. The smallest absolute Gasteiger partial charge is 0.259 e. The monoisotopic (exact) mass is 234 g/mol. The number of carbonyl (C=O) groups is 1. The summed E-state index contributed by atoms with van der Waals surface area (Å²) in [4.78, 5) is 11.7. The molecular weight excluding hydrogens is 216 g/mol. The van der Waals surface area contributed by atoms with E-state index >= 15 is 0 Å². The maximum atomic E-state index is 11.8. The van der Waals surface area contributed by atoms with Crippen molar-refractivity contribution in [3.05, 3.63) is 0 Å². The van der Waals surface area contributed by atoms with Gasteiger partial charge in [-0.2, -0.15) is 0 Å². The number of nitrogens with two attached hydrogens (primary N) is 1. The fraction of sp³-hybridized carbons (Fsp3) is 0.889. The number of sulfonamides is 1. The number of hydrogen-bond acceptors (Lipinski definition) is 4. The molecule has 2 N–H and O–H groups in total. The van der Waals surface area contributed by atoms with Crippen molar-refractivity contribution in [1.29, 1.82) is 0 Å². The summed E-state index contributed by atoms with van der Waals surface area (Å²) in [5.74, 6) is -0.323. The van der Waals surface area contributed by atoms with Gasteiger partial charge in [-0.25, -0.2) is 12.7 Å². The third kappa shape index (κ3) is 1.47. The third-order valence-corrected chi connectivity index (χ3v) is 5.35. The van der Waals surface area contributed by atoms with Crippen molar-refractivity contribution < 1.29 is 13.2 Å². The molecule has 0 aliphatic carbocycles. The van der Waals surface area contributed by atoms with Gasteiger partial charge in [0.25, 0.3) is 15.9 Å². The van der Waals surface area contributed by atoms with E-state index < -0.39 is 20.8 Å². The van der Waals surface area contributed by atoms with Gasteiger partial charge in [-0.15, -0.1) is 0 Å². The molecule has 6 heteroatoms. The Morgan fingerprint density at radius 1 is 1.40 bits per heavy atom. The van der Waals surface area contributed by atoms with Crippen LogP contribution < -0.4 is 5.73 Å². The van der Waals surface area contributed by atoms with Gasteiger partial charge in [0.15, 0.2) is 4.75 Å². The van der Waals surface area contributed by atoms with Crippen LogP contribution in [0, 0.1) is 5.92 Å². The first-order valence-electron chi connectivity index (χ1n) is 4.96. The van der Waals surface area contributed by atoms with Crippen LogP contribution in [0.1, 0.15) is 27.7 Å². The molecule has 0 aromatic rings. The molecule has 5 nitrogen and oxygen atoms in total. The number of rotatable bonds is 3. The minimum absolute atomic E-state index is 0.0322. The zero-order chi connectivity index (χ0) is 12.0. The van der Waals surface area contributed by atoms with Gasteiger partial charge in [0.2, 0.25) is 0 Å². The average Bonchev–Trinajstić information content (AvgIpc) is 2.11. The van der Waals surface area contributed by atoms with Crippen LogP contribution in [0.25, 0.3) is 0 Å². The van der Waals surface area contributed by atoms with E-state index in [1.165, 1.54) is 13.8 Å². The molecule has 0 saturated carbocycles. The van der Waals surface area contributed by atoms with Crippen molar-refractivity contribution >= 4 is 15.9 Å². The molecule has 1 aliphatic rings. The third-order valence-electron chi connectivity index (χ3n) is 2.93. The summed E-state index contributed by atoms with van der Waals surface area (Å²) in [7, 11) is -3.50. The average molecular weight is 234 g/mol. The van der Waals surface area contributed by atoms with Crippen molar-refractivity contribution in [2.75, 3.05) is 6.54 Å². The van der Waals surface area contributed by atoms with E-state index in [1.54, 1.807) is 0 Å². The van der Waals surface area contributed by atoms with E-state index in [2.05, 4.69) is 0 Å². The first-order chi connectivity index (χ1) is 6.67. The van der Waals surface area contributed by atoms with E-state index in [0.717, 1.165) is 4.31 Å². The predicted octanol–water partition coefficient (Wildman–Crippen LogP) is -0.0797. The van der Waals surface area contributed by atoms with E-state index in [-0.39, 0.29) is 18.4 Å². The summed E-state index contributed by atoms with van der Waals surface area (Å²) >= 11 is 0. The van der Waals surface area contributed by atoms with Crippen molar-refractivity contribution in [2.24, 2.45) is 11.7 Å². The SMILES string of the molecule is CC(C)C(CN)N1C(=O)C(C)(C)S1(=O)=O. The molecule has 0 aromatic carbocycles. The second-order valence-corrected chi connectivity index (χ2v) is 7.03. The fourth-order valence-corrected chi connectivity index (χ4v) is 3.47. The van der Waals surface area contributed by atoms with Crippen LogP contribution >= 0.6 is 0 Å². The van der Waals surface area contributed by atoms with Gasteiger partial charge in [0, 0.05) is 6.54 Å². The first kappa shape index (κ1) is 12.4. The molecule has 0 bridgehead atoms. The molecule has 1 atom stereocenters. The Morgan fingerprint density at radius 3 is 2.13 bits per heavy atom. The zero-order valence-electron chi connectivity index (χ0n) is 9.52. The van der Waals surface area contributed by atoms with E-state index in [4.69, 9.17) is 5.73 Å². The van der Waals surface area contributed by atoms with Crippen molar-refractivity contribution in [2.45, 2.75) is 38.5 Å². The largest absolute Gasteiger partial charge is 0.328 e. The Balaban J connectivity index is 3.06. The van der Waals surface area contributed by atoms with E-state index in [1.807, 2.05) is 13.8 Å². The molecule has 0 radical (unpaired) electrons. The second-order valence-electron chi connectivity index (χ2n) is 4.66. The minimum atomic E-state index is -3.50. The maximum Gasteiger partial charge on any atom is 0.259 e. The Morgan fingerprint density at radius 2 is 1.87 bits per heavy atom. The Kier molecular flexibility index (Phi) is 2.86. The normalized spacial score (nSPS) is 25.2. The summed E-state index contributed by atoms with van der Waals surface area (Å²) in [5.41, 5.74) is 5.50. The van der Waals surface area contributed by atoms with Crippen molar-refractivity contribution in [1.82, 2.24) is 4.31 Å². The van der Waals surface area contributed by atoms with Gasteiger partial charge in [-0.1, -0.05) is 13.8 Å². The first-order valence-corrected chi connectivity index (χ1v) is 6.40. The molecule has 1 saturated heterocycles. The minimum Gasteiger partial charge on any atom is -0.328 e. The fourth-order valence-electron chi connectivity index (χ4n) is 1.66. The van der Waals surface area contributed by atoms with Crippen LogP contribution in [0.2, 0.25) is 0 Å². The zero-order valence-corrected chi connectivity index (χ0v) is 10.3. The highest BCUT2D eigenvalue weighted by atomic mass is 32.2. The summed E-state index contributed by atoms with van der Waals surface area (Å²) in [6.45, 7) is 6.72. The molecule has 15 heavy (non-hydrogen) atoms. The lowest BCUT2D eigenvalue weighted by atomic mass is 10.0. The summed E-state index contributed by atoms with van der Waals surface area (Å²) in [5, 5.41) is 0. The lowest BCUT2D eigenvalue weighted by Crippen LogP contribution is -2.71. The van der Waals surface area contributed by atoms with Gasteiger partial charge < -0.3 is 5.73 Å². The van der Waals surface area contributed by atoms with Crippen LogP contribution in [0.3, 0.4) is 0 Å². The summed E-state index contributed by atoms with van der Waals surface area (Å²) in [6.07, 6.45) is 0. The summed E-state index contributed by atoms with van der Waals surface area (Å²) < 4.78 is 23.3. The molecule has 1 aliphatic heterocycles. The standard InChI is InChI=1S/C9H18N2O3S/c1-6(2)7(5-10)11-8(12)9(3,4)15(11,13)14/h6-7H,5,10H2,1-4H3. The highest BCUT2D eigenvalue weighted by molar-refractivity contribution is 7.94. The van der Waals surface area contributed by atoms with E-state index in [0.29, 0.717) is 0 Å². The highest BCUT2D eigenvalue weighted by Crippen LogP contribution is 2.37. The van der Waals surface area contributed by atoms with Gasteiger partial charge in [-0.3, -0.25) is 4.79 Å². The van der Waals surface area contributed by atoms with Gasteiger partial charge in [-0.05, 0) is 19.8 Å². The number of carbonyl (C=O) groups excluding carboxylic acids is 1. The van der Waals surface area contributed by atoms with Crippen LogP contribution in [0.15, 0.2) is 0 Å². The molecule has 1 unspecified atom stereocenters. The lowest BCUT2D eigenvalue weighted by Gasteiger charge is -2.47. The van der Waals surface area contributed by atoms with Gasteiger partial charge >= 0.3 is 0 Å².